The summed E-state index contributed by atoms with van der Waals surface area (Å²) >= 11 is 6.16. The third-order valence-corrected chi connectivity index (χ3v) is 4.93. The van der Waals surface area contributed by atoms with Crippen molar-refractivity contribution in [2.45, 2.75) is 10.4 Å². The van der Waals surface area contributed by atoms with E-state index in [1.807, 2.05) is 0 Å². The molecule has 0 aliphatic carbocycles. The number of thiophene rings is 1. The van der Waals surface area contributed by atoms with E-state index in [-0.39, 0.29) is 4.34 Å². The van der Waals surface area contributed by atoms with Crippen molar-refractivity contribution in [1.82, 2.24) is 0 Å². The fourth-order valence-corrected chi connectivity index (χ4v) is 3.70. The third-order valence-electron chi connectivity index (χ3n) is 2.26. The van der Waals surface area contributed by atoms with E-state index >= 15 is 0 Å². The average molecular weight is 346 g/mol. The van der Waals surface area contributed by atoms with Gasteiger partial charge in [-0.05, 0) is 6.07 Å². The molecule has 1 heterocycles. The molecule has 0 spiro atoms. The Labute approximate surface area is 123 Å². The van der Waals surface area contributed by atoms with Gasteiger partial charge in [0.25, 0.3) is 10.1 Å². The highest BCUT2D eigenvalue weighted by Crippen LogP contribution is 2.31. The van der Waals surface area contributed by atoms with Crippen molar-refractivity contribution >= 4 is 39.0 Å². The Balaban J connectivity index is 3.04. The Morgan fingerprint density at radius 1 is 1.45 bits per heavy atom. The molecule has 0 fully saturated rings. The van der Waals surface area contributed by atoms with Gasteiger partial charge in [-0.15, -0.1) is 11.3 Å². The molecular formula is C9H12ClNO7S2. The van der Waals surface area contributed by atoms with Crippen LogP contribution < -0.4 is 5.73 Å². The van der Waals surface area contributed by atoms with Crippen LogP contribution in [0.25, 0.3) is 0 Å². The number of hydrogen-bond donors (Lipinski definition) is 4. The maximum Gasteiger partial charge on any atom is 0.347 e. The van der Waals surface area contributed by atoms with Gasteiger partial charge in [0, 0.05) is 0 Å². The standard InChI is InChI=1S/C9H12ClNO7S2/c10-6-1-5(7(19-6)8(14)15)20(16,17)18-4-9(11,2-12)3-13/h1,12-13H,2-4,11H2,(H,14,15). The van der Waals surface area contributed by atoms with Crippen LogP contribution in [0.1, 0.15) is 9.67 Å². The fraction of sp³-hybridized carbons (Fsp3) is 0.444. The van der Waals surface area contributed by atoms with Crippen LogP contribution in [0.2, 0.25) is 4.34 Å². The molecule has 0 atom stereocenters. The number of carboxylic acids is 1. The summed E-state index contributed by atoms with van der Waals surface area (Å²) in [6.45, 7) is -2.14. The quantitative estimate of drug-likeness (QED) is 0.483. The summed E-state index contributed by atoms with van der Waals surface area (Å²) in [5, 5.41) is 26.7. The zero-order valence-electron chi connectivity index (χ0n) is 9.95. The second-order valence-corrected chi connectivity index (χ2v) is 7.21. The third kappa shape index (κ3) is 3.88. The van der Waals surface area contributed by atoms with E-state index in [9.17, 15) is 13.2 Å². The summed E-state index contributed by atoms with van der Waals surface area (Å²) in [4.78, 5) is 9.83. The van der Waals surface area contributed by atoms with E-state index < -0.39 is 51.2 Å². The smallest absolute Gasteiger partial charge is 0.347 e. The lowest BCUT2D eigenvalue weighted by Crippen LogP contribution is -2.51. The number of carboxylic acid groups (broad SMARTS) is 1. The summed E-state index contributed by atoms with van der Waals surface area (Å²) in [5.74, 6) is -1.47. The van der Waals surface area contributed by atoms with Crippen molar-refractivity contribution in [3.63, 3.8) is 0 Å². The zero-order chi connectivity index (χ0) is 15.6. The summed E-state index contributed by atoms with van der Waals surface area (Å²) in [6, 6.07) is 0.946. The van der Waals surface area contributed by atoms with Gasteiger partial charge in [-0.1, -0.05) is 11.6 Å². The number of aromatic carboxylic acids is 1. The van der Waals surface area contributed by atoms with Crippen LogP contribution in [0.5, 0.6) is 0 Å². The van der Waals surface area contributed by atoms with Crippen molar-refractivity contribution in [3.8, 4) is 0 Å². The van der Waals surface area contributed by atoms with Gasteiger partial charge in [0.15, 0.2) is 0 Å². The zero-order valence-corrected chi connectivity index (χ0v) is 12.3. The molecule has 1 rings (SSSR count). The molecular weight excluding hydrogens is 334 g/mol. The van der Waals surface area contributed by atoms with E-state index in [1.165, 1.54) is 0 Å². The molecule has 0 bridgehead atoms. The summed E-state index contributed by atoms with van der Waals surface area (Å²) in [5.41, 5.74) is 3.80. The lowest BCUT2D eigenvalue weighted by molar-refractivity contribution is 0.0694. The molecule has 5 N–H and O–H groups in total. The Morgan fingerprint density at radius 2 is 2.00 bits per heavy atom. The first-order valence-corrected chi connectivity index (χ1v) is 7.68. The van der Waals surface area contributed by atoms with Crippen molar-refractivity contribution in [2.75, 3.05) is 19.8 Å². The second-order valence-electron chi connectivity index (χ2n) is 3.94. The van der Waals surface area contributed by atoms with E-state index in [2.05, 4.69) is 4.18 Å². The van der Waals surface area contributed by atoms with E-state index in [4.69, 9.17) is 32.7 Å². The van der Waals surface area contributed by atoms with Crippen LogP contribution in [-0.4, -0.2) is 55.1 Å². The largest absolute Gasteiger partial charge is 0.477 e. The van der Waals surface area contributed by atoms with Gasteiger partial charge < -0.3 is 21.1 Å². The minimum Gasteiger partial charge on any atom is -0.477 e. The number of hydrogen-bond acceptors (Lipinski definition) is 8. The predicted molar refractivity (Wildman–Crippen MR) is 70.5 cm³/mol. The first-order valence-electron chi connectivity index (χ1n) is 5.08. The number of rotatable bonds is 7. The van der Waals surface area contributed by atoms with Gasteiger partial charge in [-0.3, -0.25) is 4.18 Å². The Hall–Kier alpha value is -0.750. The minimum atomic E-state index is -4.43. The lowest BCUT2D eigenvalue weighted by atomic mass is 10.1. The van der Waals surface area contributed by atoms with Crippen molar-refractivity contribution in [1.29, 1.82) is 0 Å². The highest BCUT2D eigenvalue weighted by atomic mass is 35.5. The van der Waals surface area contributed by atoms with Crippen molar-refractivity contribution in [2.24, 2.45) is 5.73 Å². The monoisotopic (exact) mass is 345 g/mol. The van der Waals surface area contributed by atoms with Crippen LogP contribution in [0, 0.1) is 0 Å². The average Bonchev–Trinajstić information content (AvgIpc) is 2.79. The maximum atomic E-state index is 11.9. The molecule has 0 aliphatic heterocycles. The van der Waals surface area contributed by atoms with Gasteiger partial charge in [0.05, 0.1) is 29.7 Å². The molecule has 0 saturated heterocycles. The Bertz CT molecular complexity index is 593. The lowest BCUT2D eigenvalue weighted by Gasteiger charge is -2.23. The van der Waals surface area contributed by atoms with Gasteiger partial charge in [0.2, 0.25) is 0 Å². The van der Waals surface area contributed by atoms with Gasteiger partial charge in [-0.2, -0.15) is 8.42 Å². The van der Waals surface area contributed by atoms with Crippen LogP contribution in [0.3, 0.4) is 0 Å². The highest BCUT2D eigenvalue weighted by Gasteiger charge is 2.31. The van der Waals surface area contributed by atoms with Crippen molar-refractivity contribution < 1.29 is 32.7 Å². The van der Waals surface area contributed by atoms with Gasteiger partial charge >= 0.3 is 5.97 Å². The van der Waals surface area contributed by atoms with Crippen LogP contribution in [0.15, 0.2) is 11.0 Å². The summed E-state index contributed by atoms with van der Waals surface area (Å²) in [6.07, 6.45) is 0. The number of nitrogens with two attached hydrogens (primary N) is 1. The SMILES string of the molecule is NC(CO)(CO)COS(=O)(=O)c1cc(Cl)sc1C(=O)O. The highest BCUT2D eigenvalue weighted by molar-refractivity contribution is 7.87. The number of halogens is 1. The molecule has 0 aromatic carbocycles. The second kappa shape index (κ2) is 6.35. The fourth-order valence-electron chi connectivity index (χ4n) is 1.08. The molecule has 8 nitrogen and oxygen atoms in total. The topological polar surface area (TPSA) is 147 Å². The van der Waals surface area contributed by atoms with Crippen molar-refractivity contribution in [3.05, 3.63) is 15.3 Å². The Morgan fingerprint density at radius 3 is 2.45 bits per heavy atom. The normalized spacial score (nSPS) is 12.6. The van der Waals surface area contributed by atoms with Crippen LogP contribution in [0.4, 0.5) is 0 Å². The van der Waals surface area contributed by atoms with E-state index in [1.54, 1.807) is 0 Å². The number of carbonyl (C=O) groups is 1. The van der Waals surface area contributed by atoms with Crippen LogP contribution >= 0.6 is 22.9 Å². The molecule has 114 valence electrons. The molecule has 0 saturated carbocycles. The first kappa shape index (κ1) is 17.3. The molecule has 1 aromatic heterocycles. The molecule has 11 heteroatoms. The summed E-state index contributed by atoms with van der Waals surface area (Å²) < 4.78 is 28.3. The summed E-state index contributed by atoms with van der Waals surface area (Å²) in [7, 11) is -4.43. The molecule has 1 aromatic rings. The Kier molecular flexibility index (Phi) is 5.49. The number of aliphatic hydroxyl groups excluding tert-OH is 2. The van der Waals surface area contributed by atoms with E-state index in [0.717, 1.165) is 6.07 Å². The minimum absolute atomic E-state index is 0.0343. The molecule has 20 heavy (non-hydrogen) atoms. The maximum absolute atomic E-state index is 11.9. The number of aliphatic hydroxyl groups is 2. The molecule has 0 radical (unpaired) electrons. The first-order chi connectivity index (χ1) is 9.15. The van der Waals surface area contributed by atoms with Gasteiger partial charge in [0.1, 0.15) is 9.77 Å². The van der Waals surface area contributed by atoms with Gasteiger partial charge in [-0.25, -0.2) is 4.79 Å². The van der Waals surface area contributed by atoms with E-state index in [0.29, 0.717) is 11.3 Å². The molecule has 0 unspecified atom stereocenters. The molecule has 0 aliphatic rings. The molecule has 0 amide bonds. The predicted octanol–water partition coefficient (Wildman–Crippen LogP) is -0.513. The van der Waals surface area contributed by atoms with Crippen LogP contribution in [-0.2, 0) is 14.3 Å².